The molecule has 0 aliphatic rings. The van der Waals surface area contributed by atoms with Crippen molar-refractivity contribution in [2.75, 3.05) is 20.8 Å². The van der Waals surface area contributed by atoms with Gasteiger partial charge >= 0.3 is 0 Å². The minimum atomic E-state index is 0.547. The summed E-state index contributed by atoms with van der Waals surface area (Å²) < 4.78 is 15.8. The number of nitrogens with zero attached hydrogens (tertiary/aromatic N) is 1. The second-order valence-electron chi connectivity index (χ2n) is 3.79. The molecule has 0 atom stereocenters. The molecule has 1 aromatic carbocycles. The van der Waals surface area contributed by atoms with Gasteiger partial charge in [0.25, 0.3) is 0 Å². The third-order valence-electron chi connectivity index (χ3n) is 2.63. The maximum Gasteiger partial charge on any atom is 0.170 e. The molecule has 1 heterocycles. The van der Waals surface area contributed by atoms with Gasteiger partial charge in [0.1, 0.15) is 11.5 Å². The Morgan fingerprint density at radius 1 is 1.22 bits per heavy atom. The Labute approximate surface area is 105 Å². The third-order valence-corrected chi connectivity index (χ3v) is 2.63. The smallest absolute Gasteiger partial charge is 0.170 e. The van der Waals surface area contributed by atoms with Gasteiger partial charge in [0, 0.05) is 18.6 Å². The number of aromatic nitrogens is 1. The van der Waals surface area contributed by atoms with E-state index < -0.39 is 0 Å². The number of methoxy groups -OCH3 is 2. The van der Waals surface area contributed by atoms with Gasteiger partial charge in [-0.2, -0.15) is 0 Å². The van der Waals surface area contributed by atoms with E-state index in [9.17, 15) is 0 Å². The summed E-state index contributed by atoms with van der Waals surface area (Å²) in [6.07, 6.45) is 0.696. The van der Waals surface area contributed by atoms with Crippen molar-refractivity contribution in [1.29, 1.82) is 0 Å². The van der Waals surface area contributed by atoms with Crippen molar-refractivity contribution in [3.8, 4) is 22.8 Å². The topological polar surface area (TPSA) is 70.5 Å². The molecular weight excluding hydrogens is 232 g/mol. The van der Waals surface area contributed by atoms with Crippen molar-refractivity contribution in [3.05, 3.63) is 30.0 Å². The van der Waals surface area contributed by atoms with Crippen LogP contribution in [-0.2, 0) is 6.42 Å². The number of ether oxygens (including phenoxy) is 2. The van der Waals surface area contributed by atoms with Gasteiger partial charge in [-0.05, 0) is 18.7 Å². The second kappa shape index (κ2) is 5.55. The fourth-order valence-corrected chi connectivity index (χ4v) is 1.71. The van der Waals surface area contributed by atoms with Crippen LogP contribution in [0.15, 0.2) is 28.8 Å². The Morgan fingerprint density at radius 2 is 2.06 bits per heavy atom. The molecule has 0 aliphatic carbocycles. The molecule has 0 bridgehead atoms. The Kier molecular flexibility index (Phi) is 3.84. The van der Waals surface area contributed by atoms with Crippen LogP contribution in [0.4, 0.5) is 0 Å². The number of benzene rings is 1. The van der Waals surface area contributed by atoms with Crippen molar-refractivity contribution in [2.24, 2.45) is 5.73 Å². The molecule has 0 unspecified atom stereocenters. The predicted molar refractivity (Wildman–Crippen MR) is 67.8 cm³/mol. The van der Waals surface area contributed by atoms with E-state index in [-0.39, 0.29) is 0 Å². The minimum absolute atomic E-state index is 0.547. The quantitative estimate of drug-likeness (QED) is 0.874. The Hall–Kier alpha value is -2.01. The highest BCUT2D eigenvalue weighted by Gasteiger charge is 2.12. The predicted octanol–water partition coefficient (Wildman–Crippen LogP) is 1.86. The molecule has 0 radical (unpaired) electrons. The zero-order chi connectivity index (χ0) is 13.0. The summed E-state index contributed by atoms with van der Waals surface area (Å²) in [6, 6.07) is 7.41. The molecule has 2 aromatic rings. The van der Waals surface area contributed by atoms with E-state index >= 15 is 0 Å². The summed E-state index contributed by atoms with van der Waals surface area (Å²) in [5.74, 6) is 2.08. The highest BCUT2D eigenvalue weighted by molar-refractivity contribution is 5.67. The maximum absolute atomic E-state index is 5.48. The van der Waals surface area contributed by atoms with E-state index in [0.29, 0.717) is 24.5 Å². The largest absolute Gasteiger partial charge is 0.497 e. The van der Waals surface area contributed by atoms with Crippen LogP contribution >= 0.6 is 0 Å². The monoisotopic (exact) mass is 248 g/mol. The van der Waals surface area contributed by atoms with Crippen molar-refractivity contribution in [1.82, 2.24) is 5.16 Å². The molecular formula is C13H16N2O3. The van der Waals surface area contributed by atoms with E-state index in [1.807, 2.05) is 18.2 Å². The van der Waals surface area contributed by atoms with Gasteiger partial charge in [-0.15, -0.1) is 0 Å². The second-order valence-corrected chi connectivity index (χ2v) is 3.79. The summed E-state index contributed by atoms with van der Waals surface area (Å²) in [6.45, 7) is 0.547. The highest BCUT2D eigenvalue weighted by atomic mass is 16.5. The molecule has 2 rings (SSSR count). The fourth-order valence-electron chi connectivity index (χ4n) is 1.71. The van der Waals surface area contributed by atoms with Gasteiger partial charge in [-0.25, -0.2) is 0 Å². The molecule has 18 heavy (non-hydrogen) atoms. The summed E-state index contributed by atoms with van der Waals surface area (Å²) in [4.78, 5) is 0. The van der Waals surface area contributed by atoms with Crippen LogP contribution in [0.3, 0.4) is 0 Å². The lowest BCUT2D eigenvalue weighted by Gasteiger charge is -2.07. The lowest BCUT2D eigenvalue weighted by atomic mass is 10.1. The van der Waals surface area contributed by atoms with Gasteiger partial charge in [0.05, 0.1) is 25.5 Å². The first-order valence-electron chi connectivity index (χ1n) is 5.66. The summed E-state index contributed by atoms with van der Waals surface area (Å²) in [5, 5.41) is 3.96. The molecule has 2 N–H and O–H groups in total. The fraction of sp³-hybridized carbons (Fsp3) is 0.308. The molecule has 0 spiro atoms. The van der Waals surface area contributed by atoms with E-state index in [2.05, 4.69) is 5.16 Å². The summed E-state index contributed by atoms with van der Waals surface area (Å²) in [5.41, 5.74) is 7.16. The Balaban J connectivity index is 2.36. The van der Waals surface area contributed by atoms with Crippen LogP contribution in [0, 0.1) is 0 Å². The molecule has 5 nitrogen and oxygen atoms in total. The lowest BCUT2D eigenvalue weighted by Crippen LogP contribution is -2.02. The first kappa shape index (κ1) is 12.4. The average molecular weight is 248 g/mol. The van der Waals surface area contributed by atoms with Crippen molar-refractivity contribution in [2.45, 2.75) is 6.42 Å². The van der Waals surface area contributed by atoms with Crippen LogP contribution in [0.5, 0.6) is 11.5 Å². The lowest BCUT2D eigenvalue weighted by molar-refractivity contribution is 0.390. The van der Waals surface area contributed by atoms with Gasteiger partial charge in [0.15, 0.2) is 5.76 Å². The Bertz CT molecular complexity index is 523. The molecule has 0 saturated carbocycles. The number of rotatable bonds is 5. The summed E-state index contributed by atoms with van der Waals surface area (Å²) >= 11 is 0. The minimum Gasteiger partial charge on any atom is -0.497 e. The molecule has 0 aliphatic heterocycles. The molecule has 1 aromatic heterocycles. The van der Waals surface area contributed by atoms with Crippen LogP contribution in [-0.4, -0.2) is 25.9 Å². The number of hydrogen-bond acceptors (Lipinski definition) is 5. The van der Waals surface area contributed by atoms with Crippen molar-refractivity contribution < 1.29 is 14.0 Å². The maximum atomic E-state index is 5.48. The van der Waals surface area contributed by atoms with Gasteiger partial charge in [-0.3, -0.25) is 0 Å². The molecule has 0 fully saturated rings. The van der Waals surface area contributed by atoms with Crippen molar-refractivity contribution in [3.63, 3.8) is 0 Å². The zero-order valence-electron chi connectivity index (χ0n) is 10.5. The van der Waals surface area contributed by atoms with Crippen LogP contribution in [0.25, 0.3) is 11.3 Å². The van der Waals surface area contributed by atoms with Crippen LogP contribution in [0.2, 0.25) is 0 Å². The number of nitrogens with two attached hydrogens (primary N) is 1. The van der Waals surface area contributed by atoms with Crippen LogP contribution in [0.1, 0.15) is 5.69 Å². The molecule has 0 saturated heterocycles. The van der Waals surface area contributed by atoms with Crippen molar-refractivity contribution >= 4 is 0 Å². The Morgan fingerprint density at radius 3 is 2.72 bits per heavy atom. The number of hydrogen-bond donors (Lipinski definition) is 1. The zero-order valence-corrected chi connectivity index (χ0v) is 10.5. The summed E-state index contributed by atoms with van der Waals surface area (Å²) in [7, 11) is 3.22. The van der Waals surface area contributed by atoms with Gasteiger partial charge in [0.2, 0.25) is 0 Å². The first-order chi connectivity index (χ1) is 8.78. The highest BCUT2D eigenvalue weighted by Crippen LogP contribution is 2.33. The van der Waals surface area contributed by atoms with Gasteiger partial charge in [-0.1, -0.05) is 5.16 Å². The molecule has 5 heteroatoms. The molecule has 0 amide bonds. The van der Waals surface area contributed by atoms with Gasteiger partial charge < -0.3 is 19.7 Å². The molecule has 96 valence electrons. The third kappa shape index (κ3) is 2.46. The SMILES string of the molecule is COc1ccc(-c2cc(CCN)no2)c(OC)c1. The van der Waals surface area contributed by atoms with E-state index in [4.69, 9.17) is 19.7 Å². The average Bonchev–Trinajstić information content (AvgIpc) is 2.87. The van der Waals surface area contributed by atoms with E-state index in [0.717, 1.165) is 17.0 Å². The normalized spacial score (nSPS) is 10.4. The first-order valence-corrected chi connectivity index (χ1v) is 5.66. The van der Waals surface area contributed by atoms with E-state index in [1.54, 1.807) is 20.3 Å². The van der Waals surface area contributed by atoms with Crippen LogP contribution < -0.4 is 15.2 Å². The van der Waals surface area contributed by atoms with E-state index in [1.165, 1.54) is 0 Å². The standard InChI is InChI=1S/C13H16N2O3/c1-16-10-3-4-11(12(8-10)17-2)13-7-9(5-6-14)15-18-13/h3-4,7-8H,5-6,14H2,1-2H3.